The average Bonchev–Trinajstić information content (AvgIpc) is 2.75. The molecule has 4 heterocycles. The first-order chi connectivity index (χ1) is 13.3. The number of piperidine rings is 1. The minimum atomic E-state index is 0.678. The van der Waals surface area contributed by atoms with Crippen LogP contribution < -0.4 is 14.5 Å². The molecule has 0 N–H and O–H groups in total. The van der Waals surface area contributed by atoms with Crippen LogP contribution >= 0.6 is 0 Å². The zero-order valence-corrected chi connectivity index (χ0v) is 16.0. The normalized spacial score (nSPS) is 18.6. The van der Waals surface area contributed by atoms with Crippen LogP contribution in [0.3, 0.4) is 0 Å². The van der Waals surface area contributed by atoms with E-state index < -0.39 is 0 Å². The molecule has 0 aliphatic carbocycles. The standard InChI is InChI=1S/C20H28N6O/c1-27-20-13-17(5-6-21-20)15-24-9-11-26(12-10-24)19-14-18(22-16-23-19)25-7-3-2-4-8-25/h5-6,13-14,16H,2-4,7-12,15H2,1H3. The second-order valence-corrected chi connectivity index (χ2v) is 7.25. The number of anilines is 2. The topological polar surface area (TPSA) is 57.6 Å². The van der Waals surface area contributed by atoms with Gasteiger partial charge in [0, 0.05) is 64.1 Å². The van der Waals surface area contributed by atoms with Crippen LogP contribution in [-0.2, 0) is 6.54 Å². The molecule has 2 fully saturated rings. The van der Waals surface area contributed by atoms with Crippen molar-refractivity contribution >= 4 is 11.6 Å². The molecule has 144 valence electrons. The minimum Gasteiger partial charge on any atom is -0.481 e. The van der Waals surface area contributed by atoms with Crippen LogP contribution in [0.15, 0.2) is 30.7 Å². The van der Waals surface area contributed by atoms with Crippen LogP contribution in [0.4, 0.5) is 11.6 Å². The van der Waals surface area contributed by atoms with Gasteiger partial charge in [0.05, 0.1) is 7.11 Å². The Morgan fingerprint density at radius 3 is 2.26 bits per heavy atom. The third-order valence-electron chi connectivity index (χ3n) is 5.43. The molecule has 0 spiro atoms. The molecule has 4 rings (SSSR count). The monoisotopic (exact) mass is 368 g/mol. The molecular weight excluding hydrogens is 340 g/mol. The van der Waals surface area contributed by atoms with E-state index in [1.54, 1.807) is 13.4 Å². The lowest BCUT2D eigenvalue weighted by atomic mass is 10.1. The molecule has 2 aliphatic rings. The summed E-state index contributed by atoms with van der Waals surface area (Å²) in [5, 5.41) is 0. The number of pyridine rings is 1. The van der Waals surface area contributed by atoms with Crippen molar-refractivity contribution in [1.29, 1.82) is 0 Å². The van der Waals surface area contributed by atoms with Crippen LogP contribution in [0, 0.1) is 0 Å². The van der Waals surface area contributed by atoms with E-state index in [2.05, 4.69) is 41.8 Å². The summed E-state index contributed by atoms with van der Waals surface area (Å²) in [5.74, 6) is 2.80. The molecule has 2 aromatic heterocycles. The Morgan fingerprint density at radius 1 is 0.852 bits per heavy atom. The van der Waals surface area contributed by atoms with E-state index in [1.807, 2.05) is 12.3 Å². The molecule has 0 unspecified atom stereocenters. The van der Waals surface area contributed by atoms with Gasteiger partial charge in [-0.05, 0) is 30.9 Å². The second-order valence-electron chi connectivity index (χ2n) is 7.25. The van der Waals surface area contributed by atoms with Crippen LogP contribution in [0.5, 0.6) is 5.88 Å². The van der Waals surface area contributed by atoms with Crippen molar-refractivity contribution in [3.05, 3.63) is 36.3 Å². The summed E-state index contributed by atoms with van der Waals surface area (Å²) in [6, 6.07) is 6.24. The van der Waals surface area contributed by atoms with Crippen molar-refractivity contribution in [3.63, 3.8) is 0 Å². The lowest BCUT2D eigenvalue weighted by Gasteiger charge is -2.36. The second kappa shape index (κ2) is 8.52. The summed E-state index contributed by atoms with van der Waals surface area (Å²) in [5.41, 5.74) is 1.24. The first-order valence-electron chi connectivity index (χ1n) is 9.85. The highest BCUT2D eigenvalue weighted by atomic mass is 16.5. The van der Waals surface area contributed by atoms with Gasteiger partial charge in [-0.2, -0.15) is 0 Å². The van der Waals surface area contributed by atoms with Gasteiger partial charge < -0.3 is 14.5 Å². The number of rotatable bonds is 5. The van der Waals surface area contributed by atoms with E-state index in [0.29, 0.717) is 5.88 Å². The Hall–Kier alpha value is -2.41. The lowest BCUT2D eigenvalue weighted by Crippen LogP contribution is -2.46. The molecule has 7 nitrogen and oxygen atoms in total. The number of methoxy groups -OCH3 is 1. The van der Waals surface area contributed by atoms with Crippen LogP contribution in [0.1, 0.15) is 24.8 Å². The van der Waals surface area contributed by atoms with Crippen LogP contribution in [0.2, 0.25) is 0 Å². The average molecular weight is 368 g/mol. The predicted octanol–water partition coefficient (Wildman–Crippen LogP) is 2.19. The van der Waals surface area contributed by atoms with Crippen LogP contribution in [0.25, 0.3) is 0 Å². The molecule has 0 atom stereocenters. The zero-order chi connectivity index (χ0) is 18.5. The van der Waals surface area contributed by atoms with Crippen LogP contribution in [-0.4, -0.2) is 66.2 Å². The first-order valence-corrected chi connectivity index (χ1v) is 9.85. The Balaban J connectivity index is 1.35. The maximum Gasteiger partial charge on any atom is 0.213 e. The number of hydrogen-bond donors (Lipinski definition) is 0. The van der Waals surface area contributed by atoms with Gasteiger partial charge in [0.2, 0.25) is 5.88 Å². The van der Waals surface area contributed by atoms with Crippen molar-refractivity contribution in [1.82, 2.24) is 19.9 Å². The molecule has 27 heavy (non-hydrogen) atoms. The molecule has 2 saturated heterocycles. The molecule has 2 aliphatic heterocycles. The van der Waals surface area contributed by atoms with Gasteiger partial charge in [0.15, 0.2) is 0 Å². The smallest absolute Gasteiger partial charge is 0.213 e. The Morgan fingerprint density at radius 2 is 1.56 bits per heavy atom. The van der Waals surface area contributed by atoms with E-state index in [1.165, 1.54) is 24.8 Å². The third-order valence-corrected chi connectivity index (χ3v) is 5.43. The van der Waals surface area contributed by atoms with E-state index >= 15 is 0 Å². The number of nitrogens with zero attached hydrogens (tertiary/aromatic N) is 6. The maximum atomic E-state index is 5.22. The third kappa shape index (κ3) is 4.47. The summed E-state index contributed by atoms with van der Waals surface area (Å²) in [6.45, 7) is 7.16. The zero-order valence-electron chi connectivity index (χ0n) is 16.0. The largest absolute Gasteiger partial charge is 0.481 e. The van der Waals surface area contributed by atoms with Gasteiger partial charge in [-0.25, -0.2) is 15.0 Å². The summed E-state index contributed by atoms with van der Waals surface area (Å²) in [7, 11) is 1.66. The Labute approximate surface area is 161 Å². The van der Waals surface area contributed by atoms with Gasteiger partial charge in [-0.15, -0.1) is 0 Å². The number of ether oxygens (including phenoxy) is 1. The molecule has 0 saturated carbocycles. The van der Waals surface area contributed by atoms with Gasteiger partial charge in [0.25, 0.3) is 0 Å². The van der Waals surface area contributed by atoms with Crippen molar-refractivity contribution < 1.29 is 4.74 Å². The van der Waals surface area contributed by atoms with Gasteiger partial charge in [0.1, 0.15) is 18.0 Å². The number of piperazine rings is 1. The molecule has 0 radical (unpaired) electrons. The molecule has 7 heteroatoms. The van der Waals surface area contributed by atoms with E-state index in [9.17, 15) is 0 Å². The first kappa shape index (κ1) is 18.0. The Bertz CT molecular complexity index is 741. The lowest BCUT2D eigenvalue weighted by molar-refractivity contribution is 0.249. The Kier molecular flexibility index (Phi) is 5.67. The fourth-order valence-corrected chi connectivity index (χ4v) is 3.86. The fraction of sp³-hybridized carbons (Fsp3) is 0.550. The summed E-state index contributed by atoms with van der Waals surface area (Å²) in [4.78, 5) is 20.5. The quantitative estimate of drug-likeness (QED) is 0.802. The predicted molar refractivity (Wildman–Crippen MR) is 106 cm³/mol. The van der Waals surface area contributed by atoms with E-state index in [4.69, 9.17) is 4.74 Å². The highest BCUT2D eigenvalue weighted by Crippen LogP contribution is 2.22. The van der Waals surface area contributed by atoms with E-state index in [-0.39, 0.29) is 0 Å². The molecule has 2 aromatic rings. The highest BCUT2D eigenvalue weighted by Gasteiger charge is 2.20. The van der Waals surface area contributed by atoms with Gasteiger partial charge >= 0.3 is 0 Å². The molecular formula is C20H28N6O. The van der Waals surface area contributed by atoms with Crippen molar-refractivity contribution in [2.24, 2.45) is 0 Å². The minimum absolute atomic E-state index is 0.678. The van der Waals surface area contributed by atoms with Gasteiger partial charge in [-0.1, -0.05) is 0 Å². The van der Waals surface area contributed by atoms with Crippen molar-refractivity contribution in [2.45, 2.75) is 25.8 Å². The highest BCUT2D eigenvalue weighted by molar-refractivity contribution is 5.50. The summed E-state index contributed by atoms with van der Waals surface area (Å²) in [6.07, 6.45) is 7.39. The summed E-state index contributed by atoms with van der Waals surface area (Å²) >= 11 is 0. The molecule has 0 amide bonds. The van der Waals surface area contributed by atoms with Crippen molar-refractivity contribution in [3.8, 4) is 5.88 Å². The molecule has 0 aromatic carbocycles. The maximum absolute atomic E-state index is 5.22. The SMILES string of the molecule is COc1cc(CN2CCN(c3cc(N4CCCCC4)ncn3)CC2)ccn1. The number of aromatic nitrogens is 3. The molecule has 0 bridgehead atoms. The summed E-state index contributed by atoms with van der Waals surface area (Å²) < 4.78 is 5.22. The fourth-order valence-electron chi connectivity index (χ4n) is 3.86. The van der Waals surface area contributed by atoms with Gasteiger partial charge in [-0.3, -0.25) is 4.90 Å². The van der Waals surface area contributed by atoms with Crippen molar-refractivity contribution in [2.75, 3.05) is 56.2 Å². The van der Waals surface area contributed by atoms with E-state index in [0.717, 1.165) is 57.4 Å². The number of hydrogen-bond acceptors (Lipinski definition) is 7.